The molecule has 0 saturated carbocycles. The zero-order chi connectivity index (χ0) is 13.1. The second-order valence-corrected chi connectivity index (χ2v) is 4.46. The van der Waals surface area contributed by atoms with Gasteiger partial charge in [-0.15, -0.1) is 0 Å². The maximum absolute atomic E-state index is 12.0. The van der Waals surface area contributed by atoms with E-state index in [0.717, 1.165) is 11.3 Å². The summed E-state index contributed by atoms with van der Waals surface area (Å²) in [6, 6.07) is 0. The molecular formula is C12H22N4O. The largest absolute Gasteiger partial charge is 0.350 e. The van der Waals surface area contributed by atoms with Crippen molar-refractivity contribution in [1.82, 2.24) is 15.1 Å². The summed E-state index contributed by atoms with van der Waals surface area (Å²) in [5.41, 5.74) is 7.22. The Bertz CT molecular complexity index is 393. The number of carbonyl (C=O) groups is 1. The van der Waals surface area contributed by atoms with E-state index in [9.17, 15) is 4.79 Å². The zero-order valence-corrected chi connectivity index (χ0v) is 11.1. The fraction of sp³-hybridized carbons (Fsp3) is 0.667. The van der Waals surface area contributed by atoms with E-state index in [1.165, 1.54) is 0 Å². The van der Waals surface area contributed by atoms with Crippen LogP contribution in [0.1, 0.15) is 37.9 Å². The van der Waals surface area contributed by atoms with E-state index >= 15 is 0 Å². The second kappa shape index (κ2) is 5.31. The number of carbonyl (C=O) groups excluding carboxylic acids is 1. The standard InChI is InChI=1S/C12H22N4O/c1-5-12(13,6-2)11(17)14-7-10-8-16(4)15-9(10)3/h8H,5-7,13H2,1-4H3,(H,14,17). The predicted octanol–water partition coefficient (Wildman–Crippen LogP) is 0.862. The topological polar surface area (TPSA) is 72.9 Å². The fourth-order valence-electron chi connectivity index (χ4n) is 1.74. The van der Waals surface area contributed by atoms with Gasteiger partial charge in [0.1, 0.15) is 0 Å². The Hall–Kier alpha value is -1.36. The van der Waals surface area contributed by atoms with Crippen LogP contribution in [0.15, 0.2) is 6.20 Å². The number of nitrogens with zero attached hydrogens (tertiary/aromatic N) is 2. The molecule has 1 aromatic heterocycles. The minimum absolute atomic E-state index is 0.0919. The third-order valence-corrected chi connectivity index (χ3v) is 3.27. The van der Waals surface area contributed by atoms with Crippen molar-refractivity contribution in [1.29, 1.82) is 0 Å². The molecule has 0 bridgehead atoms. The van der Waals surface area contributed by atoms with Crippen LogP contribution in [0.5, 0.6) is 0 Å². The van der Waals surface area contributed by atoms with E-state index in [1.807, 2.05) is 34.0 Å². The molecule has 1 aromatic rings. The number of hydrogen-bond acceptors (Lipinski definition) is 3. The molecule has 0 fully saturated rings. The van der Waals surface area contributed by atoms with Crippen LogP contribution < -0.4 is 11.1 Å². The summed E-state index contributed by atoms with van der Waals surface area (Å²) >= 11 is 0. The van der Waals surface area contributed by atoms with Crippen molar-refractivity contribution in [2.24, 2.45) is 12.8 Å². The maximum Gasteiger partial charge on any atom is 0.240 e. The highest BCUT2D eigenvalue weighted by molar-refractivity contribution is 5.85. The normalized spacial score (nSPS) is 11.6. The molecule has 0 aliphatic carbocycles. The lowest BCUT2D eigenvalue weighted by atomic mass is 9.93. The Morgan fingerprint density at radius 2 is 2.12 bits per heavy atom. The van der Waals surface area contributed by atoms with Crippen molar-refractivity contribution < 1.29 is 4.79 Å². The third kappa shape index (κ3) is 3.06. The lowest BCUT2D eigenvalue weighted by molar-refractivity contribution is -0.126. The highest BCUT2D eigenvalue weighted by Crippen LogP contribution is 2.12. The Morgan fingerprint density at radius 3 is 2.53 bits per heavy atom. The number of hydrogen-bond donors (Lipinski definition) is 2. The summed E-state index contributed by atoms with van der Waals surface area (Å²) in [7, 11) is 1.86. The molecule has 0 aliphatic rings. The van der Waals surface area contributed by atoms with Gasteiger partial charge in [-0.2, -0.15) is 5.10 Å². The van der Waals surface area contributed by atoms with Crippen LogP contribution in [0.2, 0.25) is 0 Å². The summed E-state index contributed by atoms with van der Waals surface area (Å²) in [6.45, 7) is 6.27. The first kappa shape index (κ1) is 13.7. The van der Waals surface area contributed by atoms with Crippen LogP contribution in [0.25, 0.3) is 0 Å². The maximum atomic E-state index is 12.0. The van der Waals surface area contributed by atoms with Crippen LogP contribution >= 0.6 is 0 Å². The Labute approximate surface area is 102 Å². The lowest BCUT2D eigenvalue weighted by Crippen LogP contribution is -2.52. The SMILES string of the molecule is CCC(N)(CC)C(=O)NCc1cn(C)nc1C. The predicted molar refractivity (Wildman–Crippen MR) is 67.3 cm³/mol. The molecule has 0 aromatic carbocycles. The number of amides is 1. The third-order valence-electron chi connectivity index (χ3n) is 3.27. The van der Waals surface area contributed by atoms with E-state index < -0.39 is 5.54 Å². The van der Waals surface area contributed by atoms with Crippen molar-refractivity contribution in [2.75, 3.05) is 0 Å². The quantitative estimate of drug-likeness (QED) is 0.799. The summed E-state index contributed by atoms with van der Waals surface area (Å²) in [5.74, 6) is -0.0919. The molecule has 0 saturated heterocycles. The number of rotatable bonds is 5. The molecule has 96 valence electrons. The number of nitrogens with two attached hydrogens (primary N) is 1. The minimum atomic E-state index is -0.754. The fourth-order valence-corrected chi connectivity index (χ4v) is 1.74. The van der Waals surface area contributed by atoms with Gasteiger partial charge in [-0.1, -0.05) is 13.8 Å². The number of aryl methyl sites for hydroxylation is 2. The molecule has 0 unspecified atom stereocenters. The van der Waals surface area contributed by atoms with E-state index in [4.69, 9.17) is 5.73 Å². The highest BCUT2D eigenvalue weighted by Gasteiger charge is 2.29. The van der Waals surface area contributed by atoms with Crippen LogP contribution in [0.4, 0.5) is 0 Å². The molecule has 1 amide bonds. The number of aromatic nitrogens is 2. The van der Waals surface area contributed by atoms with E-state index in [2.05, 4.69) is 10.4 Å². The molecule has 0 aliphatic heterocycles. The summed E-state index contributed by atoms with van der Waals surface area (Å²) in [5, 5.41) is 7.10. The molecule has 0 spiro atoms. The van der Waals surface area contributed by atoms with Crippen LogP contribution in [-0.4, -0.2) is 21.2 Å². The van der Waals surface area contributed by atoms with Gasteiger partial charge in [-0.3, -0.25) is 9.48 Å². The summed E-state index contributed by atoms with van der Waals surface area (Å²) in [6.07, 6.45) is 3.19. The molecule has 5 nitrogen and oxygen atoms in total. The van der Waals surface area contributed by atoms with Crippen LogP contribution in [0, 0.1) is 6.92 Å². The Morgan fingerprint density at radius 1 is 1.53 bits per heavy atom. The van der Waals surface area contributed by atoms with Gasteiger partial charge in [0, 0.05) is 25.4 Å². The van der Waals surface area contributed by atoms with Crippen molar-refractivity contribution in [3.8, 4) is 0 Å². The average molecular weight is 238 g/mol. The molecular weight excluding hydrogens is 216 g/mol. The van der Waals surface area contributed by atoms with Crippen molar-refractivity contribution in [3.05, 3.63) is 17.5 Å². The van der Waals surface area contributed by atoms with Gasteiger partial charge in [-0.25, -0.2) is 0 Å². The zero-order valence-electron chi connectivity index (χ0n) is 11.1. The van der Waals surface area contributed by atoms with Gasteiger partial charge in [0.05, 0.1) is 11.2 Å². The van der Waals surface area contributed by atoms with E-state index in [-0.39, 0.29) is 5.91 Å². The van der Waals surface area contributed by atoms with Gasteiger partial charge < -0.3 is 11.1 Å². The summed E-state index contributed by atoms with van der Waals surface area (Å²) in [4.78, 5) is 12.0. The van der Waals surface area contributed by atoms with Crippen molar-refractivity contribution in [3.63, 3.8) is 0 Å². The lowest BCUT2D eigenvalue weighted by Gasteiger charge is -2.25. The Kier molecular flexibility index (Phi) is 4.28. The van der Waals surface area contributed by atoms with Crippen molar-refractivity contribution >= 4 is 5.91 Å². The molecule has 0 atom stereocenters. The van der Waals surface area contributed by atoms with Gasteiger partial charge in [0.2, 0.25) is 5.91 Å². The molecule has 1 heterocycles. The first-order valence-corrected chi connectivity index (χ1v) is 5.99. The molecule has 1 rings (SSSR count). The van der Waals surface area contributed by atoms with Crippen molar-refractivity contribution in [2.45, 2.75) is 45.7 Å². The Balaban J connectivity index is 2.62. The van der Waals surface area contributed by atoms with Crippen LogP contribution in [-0.2, 0) is 18.4 Å². The van der Waals surface area contributed by atoms with Gasteiger partial charge in [-0.05, 0) is 19.8 Å². The minimum Gasteiger partial charge on any atom is -0.350 e. The van der Waals surface area contributed by atoms with E-state index in [0.29, 0.717) is 19.4 Å². The molecule has 0 radical (unpaired) electrons. The first-order valence-electron chi connectivity index (χ1n) is 5.99. The monoisotopic (exact) mass is 238 g/mol. The summed E-state index contributed by atoms with van der Waals surface area (Å²) < 4.78 is 1.74. The molecule has 5 heteroatoms. The van der Waals surface area contributed by atoms with Gasteiger partial charge in [0.25, 0.3) is 0 Å². The number of nitrogens with one attached hydrogen (secondary N) is 1. The second-order valence-electron chi connectivity index (χ2n) is 4.46. The smallest absolute Gasteiger partial charge is 0.240 e. The van der Waals surface area contributed by atoms with E-state index in [1.54, 1.807) is 4.68 Å². The molecule has 3 N–H and O–H groups in total. The first-order chi connectivity index (χ1) is 7.92. The van der Waals surface area contributed by atoms with Crippen LogP contribution in [0.3, 0.4) is 0 Å². The molecule has 17 heavy (non-hydrogen) atoms. The average Bonchev–Trinajstić information content (AvgIpc) is 2.63. The highest BCUT2D eigenvalue weighted by atomic mass is 16.2. The van der Waals surface area contributed by atoms with Gasteiger partial charge in [0.15, 0.2) is 0 Å². The van der Waals surface area contributed by atoms with Gasteiger partial charge >= 0.3 is 0 Å².